The monoisotopic (exact) mass is 360 g/mol. The molecule has 0 bridgehead atoms. The Labute approximate surface area is 157 Å². The van der Waals surface area contributed by atoms with E-state index in [1.54, 1.807) is 14.2 Å². The second-order valence-corrected chi connectivity index (χ2v) is 7.67. The first-order chi connectivity index (χ1) is 12.6. The number of hydrogen-bond donors (Lipinski definition) is 1. The lowest BCUT2D eigenvalue weighted by molar-refractivity contribution is -0.123. The van der Waals surface area contributed by atoms with Gasteiger partial charge in [0.15, 0.2) is 0 Å². The molecule has 3 rings (SSSR count). The molecule has 1 aliphatic carbocycles. The molecule has 1 N–H and O–H groups in total. The number of ether oxygens (including phenoxy) is 2. The van der Waals surface area contributed by atoms with Gasteiger partial charge in [-0.1, -0.05) is 19.8 Å². The van der Waals surface area contributed by atoms with Crippen LogP contribution in [0.5, 0.6) is 11.5 Å². The number of carbonyl (C=O) groups is 1. The van der Waals surface area contributed by atoms with Crippen molar-refractivity contribution in [3.63, 3.8) is 0 Å². The van der Waals surface area contributed by atoms with Crippen molar-refractivity contribution < 1.29 is 14.3 Å². The third kappa shape index (κ3) is 4.32. The van der Waals surface area contributed by atoms with Crippen LogP contribution in [-0.2, 0) is 4.79 Å². The lowest BCUT2D eigenvalue weighted by Crippen LogP contribution is -2.45. The highest BCUT2D eigenvalue weighted by molar-refractivity contribution is 5.78. The van der Waals surface area contributed by atoms with E-state index in [-0.39, 0.29) is 11.9 Å². The average molecular weight is 360 g/mol. The molecule has 2 fully saturated rings. The zero-order chi connectivity index (χ0) is 18.5. The highest BCUT2D eigenvalue weighted by Crippen LogP contribution is 2.38. The summed E-state index contributed by atoms with van der Waals surface area (Å²) in [5.74, 6) is 2.43. The highest BCUT2D eigenvalue weighted by atomic mass is 16.5. The van der Waals surface area contributed by atoms with Crippen LogP contribution in [0.4, 0.5) is 0 Å². The van der Waals surface area contributed by atoms with Gasteiger partial charge >= 0.3 is 0 Å². The van der Waals surface area contributed by atoms with Gasteiger partial charge < -0.3 is 14.8 Å². The van der Waals surface area contributed by atoms with E-state index in [9.17, 15) is 4.79 Å². The SMILES string of the molecule is COc1ccc(OC)c([C@H]2CCCN2CC(=O)N[C@H]2CCCC[C@@H]2C)c1. The van der Waals surface area contributed by atoms with Crippen molar-refractivity contribution in [2.75, 3.05) is 27.3 Å². The standard InChI is InChI=1S/C21H32N2O3/c1-15-7-4-5-8-18(15)22-21(24)14-23-12-6-9-19(23)17-13-16(25-2)10-11-20(17)26-3/h10-11,13,15,18-19H,4-9,12,14H2,1-3H3,(H,22,24)/t15-,18-,19+/m0/s1. The van der Waals surface area contributed by atoms with Crippen molar-refractivity contribution in [3.05, 3.63) is 23.8 Å². The normalized spacial score (nSPS) is 26.5. The molecule has 5 heteroatoms. The third-order valence-electron chi connectivity index (χ3n) is 5.96. The van der Waals surface area contributed by atoms with Crippen molar-refractivity contribution in [2.24, 2.45) is 5.92 Å². The number of methoxy groups -OCH3 is 2. The Morgan fingerprint density at radius 1 is 1.15 bits per heavy atom. The van der Waals surface area contributed by atoms with Crippen LogP contribution in [0.25, 0.3) is 0 Å². The second-order valence-electron chi connectivity index (χ2n) is 7.67. The first kappa shape index (κ1) is 19.0. The van der Waals surface area contributed by atoms with E-state index < -0.39 is 0 Å². The van der Waals surface area contributed by atoms with Crippen LogP contribution in [0.15, 0.2) is 18.2 Å². The Morgan fingerprint density at radius 3 is 2.69 bits per heavy atom. The Kier molecular flexibility index (Phi) is 6.41. The number of hydrogen-bond acceptors (Lipinski definition) is 4. The van der Waals surface area contributed by atoms with Gasteiger partial charge in [0.2, 0.25) is 5.91 Å². The fourth-order valence-electron chi connectivity index (χ4n) is 4.43. The predicted octanol–water partition coefficient (Wildman–Crippen LogP) is 3.54. The van der Waals surface area contributed by atoms with E-state index in [2.05, 4.69) is 17.1 Å². The maximum absolute atomic E-state index is 12.7. The molecule has 1 saturated heterocycles. The summed E-state index contributed by atoms with van der Waals surface area (Å²) in [5, 5.41) is 3.28. The van der Waals surface area contributed by atoms with Crippen LogP contribution in [0.2, 0.25) is 0 Å². The molecule has 3 atom stereocenters. The number of nitrogens with zero attached hydrogens (tertiary/aromatic N) is 1. The van der Waals surface area contributed by atoms with E-state index >= 15 is 0 Å². The van der Waals surface area contributed by atoms with Crippen LogP contribution in [0.3, 0.4) is 0 Å². The lowest BCUT2D eigenvalue weighted by atomic mass is 9.86. The third-order valence-corrected chi connectivity index (χ3v) is 5.96. The van der Waals surface area contributed by atoms with Crippen LogP contribution < -0.4 is 14.8 Å². The molecule has 1 saturated carbocycles. The van der Waals surface area contributed by atoms with Crippen LogP contribution in [-0.4, -0.2) is 44.2 Å². The van der Waals surface area contributed by atoms with Gasteiger partial charge in [-0.15, -0.1) is 0 Å². The van der Waals surface area contributed by atoms with Gasteiger partial charge in [0, 0.05) is 17.6 Å². The molecule has 1 amide bonds. The van der Waals surface area contributed by atoms with E-state index in [0.29, 0.717) is 18.5 Å². The molecule has 1 aliphatic heterocycles. The lowest BCUT2D eigenvalue weighted by Gasteiger charge is -2.31. The summed E-state index contributed by atoms with van der Waals surface area (Å²) < 4.78 is 11.0. The van der Waals surface area contributed by atoms with Crippen molar-refractivity contribution in [3.8, 4) is 11.5 Å². The predicted molar refractivity (Wildman–Crippen MR) is 103 cm³/mol. The molecule has 0 spiro atoms. The molecular weight excluding hydrogens is 328 g/mol. The highest BCUT2D eigenvalue weighted by Gasteiger charge is 2.31. The van der Waals surface area contributed by atoms with Gasteiger partial charge in [-0.3, -0.25) is 9.69 Å². The Hall–Kier alpha value is -1.75. The van der Waals surface area contributed by atoms with E-state index in [1.807, 2.05) is 18.2 Å². The zero-order valence-electron chi connectivity index (χ0n) is 16.3. The summed E-state index contributed by atoms with van der Waals surface area (Å²) in [5.41, 5.74) is 1.11. The molecular formula is C21H32N2O3. The van der Waals surface area contributed by atoms with Gasteiger partial charge in [0.1, 0.15) is 11.5 Å². The molecule has 0 unspecified atom stereocenters. The maximum atomic E-state index is 12.7. The average Bonchev–Trinajstić information content (AvgIpc) is 3.10. The van der Waals surface area contributed by atoms with Gasteiger partial charge in [-0.25, -0.2) is 0 Å². The number of rotatable bonds is 6. The van der Waals surface area contributed by atoms with Gasteiger partial charge in [-0.2, -0.15) is 0 Å². The number of carbonyl (C=O) groups excluding carboxylic acids is 1. The summed E-state index contributed by atoms with van der Waals surface area (Å²) in [6.07, 6.45) is 6.98. The first-order valence-electron chi connectivity index (χ1n) is 9.87. The van der Waals surface area contributed by atoms with Crippen LogP contribution in [0.1, 0.15) is 57.1 Å². The molecule has 1 aromatic rings. The number of benzene rings is 1. The minimum Gasteiger partial charge on any atom is -0.497 e. The molecule has 26 heavy (non-hydrogen) atoms. The number of amides is 1. The Morgan fingerprint density at radius 2 is 1.96 bits per heavy atom. The summed E-state index contributed by atoms with van der Waals surface area (Å²) in [6.45, 7) is 3.65. The molecule has 1 aromatic carbocycles. The number of likely N-dealkylation sites (tertiary alicyclic amines) is 1. The Balaban J connectivity index is 1.67. The zero-order valence-corrected chi connectivity index (χ0v) is 16.3. The minimum atomic E-state index is 0.150. The fourth-order valence-corrected chi connectivity index (χ4v) is 4.43. The smallest absolute Gasteiger partial charge is 0.234 e. The summed E-state index contributed by atoms with van der Waals surface area (Å²) >= 11 is 0. The summed E-state index contributed by atoms with van der Waals surface area (Å²) in [6, 6.07) is 6.45. The summed E-state index contributed by atoms with van der Waals surface area (Å²) in [4.78, 5) is 14.9. The topological polar surface area (TPSA) is 50.8 Å². The first-order valence-corrected chi connectivity index (χ1v) is 9.87. The largest absolute Gasteiger partial charge is 0.497 e. The van der Waals surface area contributed by atoms with Crippen molar-refractivity contribution in [1.29, 1.82) is 0 Å². The van der Waals surface area contributed by atoms with Gasteiger partial charge in [0.05, 0.1) is 20.8 Å². The fraction of sp³-hybridized carbons (Fsp3) is 0.667. The van der Waals surface area contributed by atoms with Crippen molar-refractivity contribution >= 4 is 5.91 Å². The molecule has 1 heterocycles. The van der Waals surface area contributed by atoms with Gasteiger partial charge in [0.25, 0.3) is 0 Å². The van der Waals surface area contributed by atoms with Crippen molar-refractivity contribution in [2.45, 2.75) is 57.5 Å². The number of nitrogens with one attached hydrogen (secondary N) is 1. The van der Waals surface area contributed by atoms with E-state index in [4.69, 9.17) is 9.47 Å². The van der Waals surface area contributed by atoms with E-state index in [0.717, 1.165) is 42.9 Å². The minimum absolute atomic E-state index is 0.150. The molecule has 144 valence electrons. The van der Waals surface area contributed by atoms with E-state index in [1.165, 1.54) is 19.3 Å². The van der Waals surface area contributed by atoms with Crippen LogP contribution >= 0.6 is 0 Å². The molecule has 0 radical (unpaired) electrons. The Bertz CT molecular complexity index is 619. The molecule has 2 aliphatic rings. The quantitative estimate of drug-likeness (QED) is 0.843. The van der Waals surface area contributed by atoms with Gasteiger partial charge in [-0.05, 0) is 56.3 Å². The molecule has 0 aromatic heterocycles. The van der Waals surface area contributed by atoms with Crippen LogP contribution in [0, 0.1) is 5.92 Å². The second kappa shape index (κ2) is 8.76. The maximum Gasteiger partial charge on any atom is 0.234 e. The summed E-state index contributed by atoms with van der Waals surface area (Å²) in [7, 11) is 3.37. The van der Waals surface area contributed by atoms with Crippen molar-refractivity contribution in [1.82, 2.24) is 10.2 Å². The molecule has 5 nitrogen and oxygen atoms in total.